The van der Waals surface area contributed by atoms with E-state index in [2.05, 4.69) is 43.0 Å². The average molecular weight is 246 g/mol. The Morgan fingerprint density at radius 1 is 1.22 bits per heavy atom. The minimum atomic E-state index is 1.02. The molecule has 0 N–H and O–H groups in total. The van der Waals surface area contributed by atoms with Crippen LogP contribution in [0.4, 0.5) is 0 Å². The minimum absolute atomic E-state index is 1.02. The van der Waals surface area contributed by atoms with Gasteiger partial charge in [0.15, 0.2) is 0 Å². The Kier molecular flexibility index (Phi) is 16.6. The maximum Gasteiger partial charge on any atom is -0.00292 e. The molecule has 0 unspecified atom stereocenters. The second-order valence-corrected chi connectivity index (χ2v) is 3.41. The lowest BCUT2D eigenvalue weighted by molar-refractivity contribution is 0.995. The van der Waals surface area contributed by atoms with E-state index in [0.29, 0.717) is 0 Å². The van der Waals surface area contributed by atoms with Crippen LogP contribution in [-0.4, -0.2) is 0 Å². The molecule has 0 amide bonds. The van der Waals surface area contributed by atoms with Crippen LogP contribution in [-0.2, 0) is 0 Å². The highest BCUT2D eigenvalue weighted by Gasteiger charge is 1.98. The molecular formula is C18H30. The zero-order valence-electron chi connectivity index (χ0n) is 12.9. The average Bonchev–Trinajstić information content (AvgIpc) is 2.45. The van der Waals surface area contributed by atoms with Crippen LogP contribution < -0.4 is 0 Å². The molecule has 0 aromatic rings. The quantitative estimate of drug-likeness (QED) is 0.504. The Morgan fingerprint density at radius 3 is 2.33 bits per heavy atom. The van der Waals surface area contributed by atoms with Crippen molar-refractivity contribution in [1.82, 2.24) is 0 Å². The van der Waals surface area contributed by atoms with E-state index in [4.69, 9.17) is 0 Å². The SMILES string of the molecule is C=C/C=C(\C=C/C)CC1=CCCC=C1.CC.CC. The molecule has 1 aliphatic rings. The third kappa shape index (κ3) is 9.89. The number of allylic oxidation sites excluding steroid dienone is 9. The first-order valence-corrected chi connectivity index (χ1v) is 7.16. The molecule has 0 bridgehead atoms. The highest BCUT2D eigenvalue weighted by molar-refractivity contribution is 5.33. The fourth-order valence-electron chi connectivity index (χ4n) is 1.57. The number of rotatable bonds is 4. The molecule has 0 saturated carbocycles. The van der Waals surface area contributed by atoms with Crippen LogP contribution in [0.5, 0.6) is 0 Å². The molecule has 0 spiro atoms. The number of hydrogen-bond donors (Lipinski definition) is 0. The summed E-state index contributed by atoms with van der Waals surface area (Å²) in [6, 6.07) is 0. The Bertz CT molecular complexity index is 298. The lowest BCUT2D eigenvalue weighted by atomic mass is 9.99. The van der Waals surface area contributed by atoms with E-state index in [1.807, 2.05) is 40.7 Å². The fourth-order valence-corrected chi connectivity index (χ4v) is 1.57. The van der Waals surface area contributed by atoms with Gasteiger partial charge in [-0.1, -0.05) is 76.8 Å². The standard InChI is InChI=1S/C14H18.2C2H6/c1-3-8-13(9-4-2)12-14-10-6-5-7-11-14;2*1-2/h3-4,6,8-11H,1,5,7,12H2,2H3;2*1-2H3/b9-4-,13-8+;;. The van der Waals surface area contributed by atoms with Crippen molar-refractivity contribution in [3.8, 4) is 0 Å². The van der Waals surface area contributed by atoms with E-state index in [-0.39, 0.29) is 0 Å². The molecule has 1 rings (SSSR count). The van der Waals surface area contributed by atoms with Crippen molar-refractivity contribution < 1.29 is 0 Å². The van der Waals surface area contributed by atoms with Gasteiger partial charge in [-0.2, -0.15) is 0 Å². The van der Waals surface area contributed by atoms with E-state index in [9.17, 15) is 0 Å². The van der Waals surface area contributed by atoms with Gasteiger partial charge in [-0.3, -0.25) is 0 Å². The van der Waals surface area contributed by atoms with Gasteiger partial charge in [0.05, 0.1) is 0 Å². The molecule has 102 valence electrons. The van der Waals surface area contributed by atoms with Crippen molar-refractivity contribution in [2.24, 2.45) is 0 Å². The van der Waals surface area contributed by atoms with Crippen LogP contribution in [0.15, 0.2) is 60.3 Å². The Balaban J connectivity index is 0. The summed E-state index contributed by atoms with van der Waals surface area (Å²) < 4.78 is 0. The fraction of sp³-hybridized carbons (Fsp3) is 0.444. The monoisotopic (exact) mass is 246 g/mol. The maximum absolute atomic E-state index is 3.73. The highest BCUT2D eigenvalue weighted by atomic mass is 14.0. The van der Waals surface area contributed by atoms with Crippen molar-refractivity contribution in [2.75, 3.05) is 0 Å². The Morgan fingerprint density at radius 2 is 1.89 bits per heavy atom. The molecule has 1 aliphatic carbocycles. The van der Waals surface area contributed by atoms with Crippen molar-refractivity contribution in [2.45, 2.75) is 53.9 Å². The summed E-state index contributed by atoms with van der Waals surface area (Å²) in [6.07, 6.45) is 18.3. The molecule has 0 aromatic heterocycles. The summed E-state index contributed by atoms with van der Waals surface area (Å²) in [6.45, 7) is 13.8. The highest BCUT2D eigenvalue weighted by Crippen LogP contribution is 2.18. The second-order valence-electron chi connectivity index (χ2n) is 3.41. The van der Waals surface area contributed by atoms with Crippen LogP contribution in [0.25, 0.3) is 0 Å². The van der Waals surface area contributed by atoms with E-state index in [1.54, 1.807) is 0 Å². The molecular weight excluding hydrogens is 216 g/mol. The smallest absolute Gasteiger partial charge is 0.00292 e. The lowest BCUT2D eigenvalue weighted by Gasteiger charge is -2.07. The van der Waals surface area contributed by atoms with Crippen molar-refractivity contribution >= 4 is 0 Å². The molecule has 0 nitrogen and oxygen atoms in total. The second kappa shape index (κ2) is 15.7. The summed E-state index contributed by atoms with van der Waals surface area (Å²) in [5, 5.41) is 0. The van der Waals surface area contributed by atoms with Gasteiger partial charge >= 0.3 is 0 Å². The topological polar surface area (TPSA) is 0 Å². The van der Waals surface area contributed by atoms with E-state index < -0.39 is 0 Å². The zero-order valence-corrected chi connectivity index (χ0v) is 12.9. The zero-order chi connectivity index (χ0) is 14.2. The van der Waals surface area contributed by atoms with Crippen LogP contribution in [0.3, 0.4) is 0 Å². The van der Waals surface area contributed by atoms with Gasteiger partial charge in [0.1, 0.15) is 0 Å². The summed E-state index contributed by atoms with van der Waals surface area (Å²) in [7, 11) is 0. The number of hydrogen-bond acceptors (Lipinski definition) is 0. The molecule has 0 saturated heterocycles. The lowest BCUT2D eigenvalue weighted by Crippen LogP contribution is -1.87. The maximum atomic E-state index is 3.73. The first-order valence-electron chi connectivity index (χ1n) is 7.16. The van der Waals surface area contributed by atoms with Gasteiger partial charge in [-0.05, 0) is 37.3 Å². The molecule has 0 atom stereocenters. The van der Waals surface area contributed by atoms with Gasteiger partial charge in [0, 0.05) is 0 Å². The van der Waals surface area contributed by atoms with Gasteiger partial charge in [0.2, 0.25) is 0 Å². The summed E-state index contributed by atoms with van der Waals surface area (Å²) in [5.41, 5.74) is 2.74. The molecule has 0 heteroatoms. The molecule has 18 heavy (non-hydrogen) atoms. The van der Waals surface area contributed by atoms with Crippen molar-refractivity contribution in [1.29, 1.82) is 0 Å². The largest absolute Gasteiger partial charge is 0.0991 e. The minimum Gasteiger partial charge on any atom is -0.0991 e. The third-order valence-corrected chi connectivity index (χ3v) is 2.19. The van der Waals surface area contributed by atoms with Crippen LogP contribution >= 0.6 is 0 Å². The Labute approximate surface area is 115 Å². The predicted octanol–water partition coefficient (Wildman–Crippen LogP) is 6.39. The van der Waals surface area contributed by atoms with Crippen LogP contribution in [0, 0.1) is 0 Å². The predicted molar refractivity (Wildman–Crippen MR) is 86.9 cm³/mol. The molecule has 0 aliphatic heterocycles. The van der Waals surface area contributed by atoms with Crippen LogP contribution in [0.2, 0.25) is 0 Å². The van der Waals surface area contributed by atoms with Gasteiger partial charge in [0.25, 0.3) is 0 Å². The Hall–Kier alpha value is -1.30. The molecule has 0 fully saturated rings. The van der Waals surface area contributed by atoms with Gasteiger partial charge < -0.3 is 0 Å². The third-order valence-electron chi connectivity index (χ3n) is 2.19. The van der Waals surface area contributed by atoms with E-state index in [0.717, 1.165) is 6.42 Å². The summed E-state index contributed by atoms with van der Waals surface area (Å²) >= 11 is 0. The van der Waals surface area contributed by atoms with Gasteiger partial charge in [-0.25, -0.2) is 0 Å². The van der Waals surface area contributed by atoms with Crippen molar-refractivity contribution in [3.05, 3.63) is 60.3 Å². The van der Waals surface area contributed by atoms with E-state index in [1.165, 1.54) is 24.0 Å². The summed E-state index contributed by atoms with van der Waals surface area (Å²) in [4.78, 5) is 0. The van der Waals surface area contributed by atoms with Crippen LogP contribution in [0.1, 0.15) is 53.9 Å². The summed E-state index contributed by atoms with van der Waals surface area (Å²) in [5.74, 6) is 0. The molecule has 0 aromatic carbocycles. The van der Waals surface area contributed by atoms with Gasteiger partial charge in [-0.15, -0.1) is 0 Å². The van der Waals surface area contributed by atoms with E-state index >= 15 is 0 Å². The molecule has 0 heterocycles. The first-order chi connectivity index (χ1) is 8.86. The first kappa shape index (κ1) is 19.0. The molecule has 0 radical (unpaired) electrons. The normalized spacial score (nSPS) is 14.1. The van der Waals surface area contributed by atoms with Crippen molar-refractivity contribution in [3.63, 3.8) is 0 Å².